The number of nitrogens with two attached hydrogens (primary N) is 1. The van der Waals surface area contributed by atoms with Gasteiger partial charge in [0.25, 0.3) is 0 Å². The topological polar surface area (TPSA) is 52.3 Å². The summed E-state index contributed by atoms with van der Waals surface area (Å²) >= 11 is 5.64. The SMILES string of the molecule is COc1ccc(F)c(CC(Cl)C(N)=O)c1. The number of ether oxygens (including phenoxy) is 1. The summed E-state index contributed by atoms with van der Waals surface area (Å²) in [5.74, 6) is -0.582. The summed E-state index contributed by atoms with van der Waals surface area (Å²) in [5, 5.41) is -0.911. The van der Waals surface area contributed by atoms with Crippen LogP contribution in [-0.2, 0) is 11.2 Å². The molecule has 0 aliphatic heterocycles. The second-order valence-corrected chi connectivity index (χ2v) is 3.56. The van der Waals surface area contributed by atoms with Crippen LogP contribution in [0.1, 0.15) is 5.56 Å². The van der Waals surface area contributed by atoms with Crippen molar-refractivity contribution in [2.24, 2.45) is 5.73 Å². The highest BCUT2D eigenvalue weighted by atomic mass is 35.5. The van der Waals surface area contributed by atoms with Gasteiger partial charge in [-0.05, 0) is 23.8 Å². The second kappa shape index (κ2) is 4.98. The molecule has 82 valence electrons. The Bertz CT molecular complexity index is 370. The number of methoxy groups -OCH3 is 1. The molecule has 3 nitrogen and oxygen atoms in total. The molecular weight excluding hydrogens is 221 g/mol. The molecule has 0 aromatic heterocycles. The molecule has 0 radical (unpaired) electrons. The van der Waals surface area contributed by atoms with Crippen LogP contribution in [0.4, 0.5) is 4.39 Å². The van der Waals surface area contributed by atoms with Gasteiger partial charge < -0.3 is 10.5 Å². The summed E-state index contributed by atoms with van der Waals surface area (Å²) in [7, 11) is 1.48. The van der Waals surface area contributed by atoms with Gasteiger partial charge in [0.05, 0.1) is 7.11 Å². The summed E-state index contributed by atoms with van der Waals surface area (Å²) in [6.07, 6.45) is 0.0555. The Balaban J connectivity index is 2.88. The lowest BCUT2D eigenvalue weighted by Gasteiger charge is -2.08. The Morgan fingerprint density at radius 2 is 2.33 bits per heavy atom. The fourth-order valence-corrected chi connectivity index (χ4v) is 1.29. The monoisotopic (exact) mass is 231 g/mol. The van der Waals surface area contributed by atoms with Gasteiger partial charge in [0, 0.05) is 6.42 Å². The van der Waals surface area contributed by atoms with E-state index in [4.69, 9.17) is 22.1 Å². The van der Waals surface area contributed by atoms with Gasteiger partial charge in [-0.1, -0.05) is 0 Å². The molecule has 0 fully saturated rings. The number of amides is 1. The van der Waals surface area contributed by atoms with E-state index in [9.17, 15) is 9.18 Å². The minimum Gasteiger partial charge on any atom is -0.497 e. The first kappa shape index (κ1) is 11.8. The Hall–Kier alpha value is -1.29. The van der Waals surface area contributed by atoms with Crippen LogP contribution < -0.4 is 10.5 Å². The number of rotatable bonds is 4. The largest absolute Gasteiger partial charge is 0.497 e. The zero-order chi connectivity index (χ0) is 11.4. The van der Waals surface area contributed by atoms with Gasteiger partial charge >= 0.3 is 0 Å². The van der Waals surface area contributed by atoms with Gasteiger partial charge in [0.1, 0.15) is 16.9 Å². The average Bonchev–Trinajstić information content (AvgIpc) is 2.21. The Morgan fingerprint density at radius 3 is 2.87 bits per heavy atom. The first-order chi connectivity index (χ1) is 7.04. The first-order valence-corrected chi connectivity index (χ1v) is 4.74. The molecule has 2 N–H and O–H groups in total. The van der Waals surface area contributed by atoms with Crippen molar-refractivity contribution in [3.8, 4) is 5.75 Å². The van der Waals surface area contributed by atoms with Crippen molar-refractivity contribution in [3.63, 3.8) is 0 Å². The number of halogens is 2. The van der Waals surface area contributed by atoms with Crippen molar-refractivity contribution in [3.05, 3.63) is 29.6 Å². The molecule has 0 saturated carbocycles. The molecule has 0 aliphatic carbocycles. The van der Waals surface area contributed by atoms with Crippen molar-refractivity contribution >= 4 is 17.5 Å². The standard InChI is InChI=1S/C10H11ClFNO2/c1-15-7-2-3-9(12)6(4-7)5-8(11)10(13)14/h2-4,8H,5H2,1H3,(H2,13,14). The number of hydrogen-bond donors (Lipinski definition) is 1. The number of hydrogen-bond acceptors (Lipinski definition) is 2. The van der Waals surface area contributed by atoms with Crippen LogP contribution in [0.3, 0.4) is 0 Å². The molecule has 0 saturated heterocycles. The van der Waals surface area contributed by atoms with Crippen molar-refractivity contribution in [1.29, 1.82) is 0 Å². The van der Waals surface area contributed by atoms with E-state index in [1.54, 1.807) is 0 Å². The molecule has 1 atom stereocenters. The van der Waals surface area contributed by atoms with Crippen molar-refractivity contribution in [1.82, 2.24) is 0 Å². The third kappa shape index (κ3) is 3.09. The Labute approximate surface area is 92.0 Å². The fraction of sp³-hybridized carbons (Fsp3) is 0.300. The lowest BCUT2D eigenvalue weighted by molar-refractivity contribution is -0.117. The molecule has 1 aromatic carbocycles. The Morgan fingerprint density at radius 1 is 1.67 bits per heavy atom. The van der Waals surface area contributed by atoms with E-state index in [2.05, 4.69) is 0 Å². The summed E-state index contributed by atoms with van der Waals surface area (Å²) in [6, 6.07) is 4.25. The average molecular weight is 232 g/mol. The highest BCUT2D eigenvalue weighted by molar-refractivity contribution is 6.30. The van der Waals surface area contributed by atoms with Gasteiger partial charge in [-0.3, -0.25) is 4.79 Å². The van der Waals surface area contributed by atoms with Crippen LogP contribution in [0.15, 0.2) is 18.2 Å². The van der Waals surface area contributed by atoms with Gasteiger partial charge in [-0.25, -0.2) is 4.39 Å². The molecule has 0 aliphatic rings. The molecule has 0 spiro atoms. The maximum Gasteiger partial charge on any atom is 0.235 e. The van der Waals surface area contributed by atoms with Crippen LogP contribution in [-0.4, -0.2) is 18.4 Å². The maximum absolute atomic E-state index is 13.3. The number of carbonyl (C=O) groups is 1. The van der Waals surface area contributed by atoms with E-state index in [0.717, 1.165) is 0 Å². The van der Waals surface area contributed by atoms with E-state index in [0.29, 0.717) is 11.3 Å². The highest BCUT2D eigenvalue weighted by Gasteiger charge is 2.15. The maximum atomic E-state index is 13.3. The highest BCUT2D eigenvalue weighted by Crippen LogP contribution is 2.19. The molecule has 1 rings (SSSR count). The van der Waals surface area contributed by atoms with E-state index < -0.39 is 17.1 Å². The molecule has 0 heterocycles. The number of benzene rings is 1. The molecule has 15 heavy (non-hydrogen) atoms. The van der Waals surface area contributed by atoms with E-state index in [1.807, 2.05) is 0 Å². The van der Waals surface area contributed by atoms with Gasteiger partial charge in [0.2, 0.25) is 5.91 Å². The van der Waals surface area contributed by atoms with Crippen LogP contribution in [0, 0.1) is 5.82 Å². The molecule has 1 amide bonds. The zero-order valence-corrected chi connectivity index (χ0v) is 8.92. The number of alkyl halides is 1. The number of carbonyl (C=O) groups excluding carboxylic acids is 1. The van der Waals surface area contributed by atoms with E-state index in [-0.39, 0.29) is 6.42 Å². The smallest absolute Gasteiger partial charge is 0.235 e. The Kier molecular flexibility index (Phi) is 3.91. The van der Waals surface area contributed by atoms with Crippen molar-refractivity contribution in [2.75, 3.05) is 7.11 Å². The first-order valence-electron chi connectivity index (χ1n) is 4.30. The van der Waals surface area contributed by atoms with Gasteiger partial charge in [0.15, 0.2) is 0 Å². The molecule has 1 unspecified atom stereocenters. The minimum atomic E-state index is -0.911. The van der Waals surface area contributed by atoms with E-state index >= 15 is 0 Å². The normalized spacial score (nSPS) is 12.2. The van der Waals surface area contributed by atoms with Gasteiger partial charge in [-0.2, -0.15) is 0 Å². The van der Waals surface area contributed by atoms with Gasteiger partial charge in [-0.15, -0.1) is 11.6 Å². The molecule has 1 aromatic rings. The fourth-order valence-electron chi connectivity index (χ4n) is 1.13. The molecular formula is C10H11ClFNO2. The predicted molar refractivity (Wildman–Crippen MR) is 55.5 cm³/mol. The summed E-state index contributed by atoms with van der Waals surface area (Å²) < 4.78 is 18.2. The molecule has 5 heteroatoms. The van der Waals surface area contributed by atoms with Crippen LogP contribution in [0.25, 0.3) is 0 Å². The van der Waals surface area contributed by atoms with Crippen LogP contribution in [0.2, 0.25) is 0 Å². The number of primary amides is 1. The summed E-state index contributed by atoms with van der Waals surface area (Å²) in [6.45, 7) is 0. The second-order valence-electron chi connectivity index (χ2n) is 3.03. The van der Waals surface area contributed by atoms with Crippen LogP contribution in [0.5, 0.6) is 5.75 Å². The zero-order valence-electron chi connectivity index (χ0n) is 8.17. The third-order valence-corrected chi connectivity index (χ3v) is 2.33. The molecule has 0 bridgehead atoms. The minimum absolute atomic E-state index is 0.0555. The lowest BCUT2D eigenvalue weighted by atomic mass is 10.1. The predicted octanol–water partition coefficient (Wildman–Crippen LogP) is 1.47. The summed E-state index contributed by atoms with van der Waals surface area (Å²) in [5.41, 5.74) is 5.29. The quantitative estimate of drug-likeness (QED) is 0.798. The van der Waals surface area contributed by atoms with Crippen molar-refractivity contribution in [2.45, 2.75) is 11.8 Å². The van der Waals surface area contributed by atoms with E-state index in [1.165, 1.54) is 25.3 Å². The lowest BCUT2D eigenvalue weighted by Crippen LogP contribution is -2.25. The van der Waals surface area contributed by atoms with Crippen LogP contribution >= 0.6 is 11.6 Å². The van der Waals surface area contributed by atoms with Crippen molar-refractivity contribution < 1.29 is 13.9 Å². The summed E-state index contributed by atoms with van der Waals surface area (Å²) in [4.78, 5) is 10.7. The third-order valence-electron chi connectivity index (χ3n) is 1.96.